The van der Waals surface area contributed by atoms with E-state index in [9.17, 15) is 27.9 Å². The summed E-state index contributed by atoms with van der Waals surface area (Å²) in [5, 5.41) is 11.7. The number of nitrogens with zero attached hydrogens (tertiary/aromatic N) is 1. The molecule has 1 fully saturated rings. The summed E-state index contributed by atoms with van der Waals surface area (Å²) in [7, 11) is -3.43. The monoisotopic (exact) mass is 668 g/mol. The summed E-state index contributed by atoms with van der Waals surface area (Å²) in [5.41, 5.74) is 3.94. The Kier molecular flexibility index (Phi) is 9.12. The van der Waals surface area contributed by atoms with Gasteiger partial charge >= 0.3 is 11.9 Å². The third-order valence-corrected chi connectivity index (χ3v) is 10.3. The molecule has 244 valence electrons. The van der Waals surface area contributed by atoms with Crippen molar-refractivity contribution in [2.75, 3.05) is 26.0 Å². The fourth-order valence-electron chi connectivity index (χ4n) is 6.32. The van der Waals surface area contributed by atoms with E-state index in [1.165, 1.54) is 6.07 Å². The zero-order valence-corrected chi connectivity index (χ0v) is 28.0. The van der Waals surface area contributed by atoms with Gasteiger partial charge in [-0.25, -0.2) is 18.0 Å². The van der Waals surface area contributed by atoms with Crippen LogP contribution in [0.25, 0.3) is 16.7 Å². The number of carbonyl (C=O) groups excluding carboxylic acids is 3. The number of hydrogen-bond acceptors (Lipinski definition) is 8. The van der Waals surface area contributed by atoms with Gasteiger partial charge in [0.05, 0.1) is 11.5 Å². The molecule has 1 amide bonds. The highest BCUT2D eigenvalue weighted by molar-refractivity contribution is 7.90. The molecule has 0 bridgehead atoms. The minimum Gasteiger partial charge on any atom is -0.507 e. The molecule has 3 aromatic rings. The lowest BCUT2D eigenvalue weighted by Gasteiger charge is -2.38. The fraction of sp³-hybridized carbons (Fsp3) is 0.382. The number of halogens is 1. The number of aromatic amines is 1. The van der Waals surface area contributed by atoms with Gasteiger partial charge in [0, 0.05) is 54.9 Å². The quantitative estimate of drug-likeness (QED) is 0.293. The molecule has 2 aromatic carbocycles. The topological polar surface area (TPSA) is 143 Å². The number of nitrogens with one attached hydrogen (secondary N) is 1. The van der Waals surface area contributed by atoms with Crippen molar-refractivity contribution in [2.24, 2.45) is 0 Å². The van der Waals surface area contributed by atoms with Gasteiger partial charge in [0.15, 0.2) is 21.2 Å². The third kappa shape index (κ3) is 6.18. The van der Waals surface area contributed by atoms with Crippen LogP contribution in [0.4, 0.5) is 0 Å². The zero-order valence-electron chi connectivity index (χ0n) is 26.5. The standard InChI is InChI=1S/C34H37ClN2O8S/c1-6-44-33(41)30-20(3)24(21(4)36-30)10-11-28(38)37-14-12-34(13-15-37)31(39)29(32(40)45-34)25-18-27(35)26(16-19(25)2)22-8-7-9-23(17-22)46(5,42)43/h7-9,16-18,36,39H,6,10-15H2,1-5H3. The largest absolute Gasteiger partial charge is 0.507 e. The Hall–Kier alpha value is -4.09. The van der Waals surface area contributed by atoms with E-state index in [1.807, 2.05) is 13.8 Å². The molecule has 3 heterocycles. The average Bonchev–Trinajstić information content (AvgIpc) is 3.42. The summed E-state index contributed by atoms with van der Waals surface area (Å²) in [6.07, 6.45) is 2.29. The Morgan fingerprint density at radius 1 is 1.11 bits per heavy atom. The number of aliphatic hydroxyl groups is 1. The van der Waals surface area contributed by atoms with Gasteiger partial charge in [0.25, 0.3) is 0 Å². The second kappa shape index (κ2) is 12.6. The van der Waals surface area contributed by atoms with Crippen LogP contribution in [0.1, 0.15) is 64.6 Å². The van der Waals surface area contributed by atoms with E-state index < -0.39 is 27.4 Å². The normalized spacial score (nSPS) is 16.2. The second-order valence-electron chi connectivity index (χ2n) is 11.9. The molecule has 1 saturated heterocycles. The van der Waals surface area contributed by atoms with Crippen molar-refractivity contribution in [1.29, 1.82) is 0 Å². The number of likely N-dealkylation sites (tertiary alicyclic amines) is 1. The van der Waals surface area contributed by atoms with E-state index >= 15 is 0 Å². The van der Waals surface area contributed by atoms with Crippen LogP contribution in [0.15, 0.2) is 47.1 Å². The molecule has 2 N–H and O–H groups in total. The number of benzene rings is 2. The summed E-state index contributed by atoms with van der Waals surface area (Å²) in [5.74, 6) is -1.34. The van der Waals surface area contributed by atoms with Crippen LogP contribution in [0.5, 0.6) is 0 Å². The number of esters is 2. The molecule has 46 heavy (non-hydrogen) atoms. The minimum absolute atomic E-state index is 0.0337. The van der Waals surface area contributed by atoms with Crippen LogP contribution < -0.4 is 0 Å². The maximum Gasteiger partial charge on any atom is 0.355 e. The SMILES string of the molecule is CCOC(=O)c1[nH]c(C)c(CCC(=O)N2CCC3(CC2)OC(=O)C(c2cc(Cl)c(-c4cccc(S(C)(=O)=O)c4)cc2C)=C3O)c1C. The van der Waals surface area contributed by atoms with Crippen molar-refractivity contribution < 1.29 is 37.4 Å². The highest BCUT2D eigenvalue weighted by atomic mass is 35.5. The molecule has 0 radical (unpaired) electrons. The van der Waals surface area contributed by atoms with Crippen LogP contribution in [0, 0.1) is 20.8 Å². The number of H-pyrrole nitrogens is 1. The first-order valence-corrected chi connectivity index (χ1v) is 17.3. The molecule has 1 aromatic heterocycles. The number of hydrogen-bond donors (Lipinski definition) is 2. The first-order chi connectivity index (χ1) is 21.7. The predicted octanol–water partition coefficient (Wildman–Crippen LogP) is 5.66. The van der Waals surface area contributed by atoms with E-state index in [1.54, 1.807) is 49.1 Å². The minimum atomic E-state index is -3.43. The van der Waals surface area contributed by atoms with Gasteiger partial charge in [0.1, 0.15) is 11.3 Å². The van der Waals surface area contributed by atoms with Crippen molar-refractivity contribution in [3.8, 4) is 11.1 Å². The van der Waals surface area contributed by atoms with Gasteiger partial charge in [-0.1, -0.05) is 23.7 Å². The van der Waals surface area contributed by atoms with Crippen molar-refractivity contribution in [3.05, 3.63) is 80.8 Å². The van der Waals surface area contributed by atoms with Crippen LogP contribution in [0.2, 0.25) is 5.02 Å². The molecule has 0 atom stereocenters. The molecule has 2 aliphatic rings. The lowest BCUT2D eigenvalue weighted by atomic mass is 9.86. The predicted molar refractivity (Wildman–Crippen MR) is 173 cm³/mol. The molecular formula is C34H37ClN2O8S. The highest BCUT2D eigenvalue weighted by Gasteiger charge is 2.51. The number of aryl methyl sites for hydroxylation is 2. The molecule has 0 unspecified atom stereocenters. The summed E-state index contributed by atoms with van der Waals surface area (Å²) in [6, 6.07) is 9.78. The van der Waals surface area contributed by atoms with Crippen molar-refractivity contribution in [3.63, 3.8) is 0 Å². The van der Waals surface area contributed by atoms with Crippen LogP contribution in [-0.4, -0.2) is 72.8 Å². The Balaban J connectivity index is 1.30. The first-order valence-electron chi connectivity index (χ1n) is 15.1. The van der Waals surface area contributed by atoms with E-state index in [-0.39, 0.29) is 66.1 Å². The Bertz CT molecular complexity index is 1880. The number of sulfone groups is 1. The van der Waals surface area contributed by atoms with E-state index in [4.69, 9.17) is 21.1 Å². The Labute approximate surface area is 273 Å². The number of aromatic nitrogens is 1. The Morgan fingerprint density at radius 2 is 1.80 bits per heavy atom. The van der Waals surface area contributed by atoms with E-state index in [0.29, 0.717) is 34.4 Å². The molecule has 12 heteroatoms. The molecule has 0 aliphatic carbocycles. The summed E-state index contributed by atoms with van der Waals surface area (Å²) >= 11 is 6.66. The molecule has 0 saturated carbocycles. The number of ether oxygens (including phenoxy) is 2. The zero-order chi connectivity index (χ0) is 33.6. The van der Waals surface area contributed by atoms with Gasteiger partial charge in [-0.15, -0.1) is 0 Å². The average molecular weight is 669 g/mol. The van der Waals surface area contributed by atoms with Crippen LogP contribution >= 0.6 is 11.6 Å². The van der Waals surface area contributed by atoms with Gasteiger partial charge in [0.2, 0.25) is 5.91 Å². The molecular weight excluding hydrogens is 632 g/mol. The van der Waals surface area contributed by atoms with Gasteiger partial charge < -0.3 is 24.5 Å². The van der Waals surface area contributed by atoms with Gasteiger partial charge in [-0.05, 0) is 86.2 Å². The Morgan fingerprint density at radius 3 is 2.46 bits per heavy atom. The van der Waals surface area contributed by atoms with Crippen LogP contribution in [0.3, 0.4) is 0 Å². The lowest BCUT2D eigenvalue weighted by molar-refractivity contribution is -0.152. The number of amides is 1. The number of rotatable bonds is 8. The molecule has 10 nitrogen and oxygen atoms in total. The molecule has 1 spiro atoms. The summed E-state index contributed by atoms with van der Waals surface area (Å²) < 4.78 is 35.1. The molecule has 2 aliphatic heterocycles. The van der Waals surface area contributed by atoms with Gasteiger partial charge in [-0.2, -0.15) is 0 Å². The number of piperidine rings is 1. The van der Waals surface area contributed by atoms with Crippen LogP contribution in [-0.2, 0) is 35.3 Å². The molecule has 5 rings (SSSR count). The maximum atomic E-state index is 13.2. The van der Waals surface area contributed by atoms with Crippen molar-refractivity contribution in [1.82, 2.24) is 9.88 Å². The fourth-order valence-corrected chi connectivity index (χ4v) is 7.26. The maximum absolute atomic E-state index is 13.2. The first kappa shape index (κ1) is 33.3. The number of carbonyl (C=O) groups is 3. The van der Waals surface area contributed by atoms with E-state index in [0.717, 1.165) is 23.1 Å². The summed E-state index contributed by atoms with van der Waals surface area (Å²) in [6.45, 7) is 8.07. The highest BCUT2D eigenvalue weighted by Crippen LogP contribution is 2.45. The lowest BCUT2D eigenvalue weighted by Crippen LogP contribution is -2.48. The number of aliphatic hydroxyl groups excluding tert-OH is 1. The van der Waals surface area contributed by atoms with Crippen molar-refractivity contribution >= 4 is 44.9 Å². The summed E-state index contributed by atoms with van der Waals surface area (Å²) in [4.78, 5) is 43.5. The third-order valence-electron chi connectivity index (χ3n) is 8.90. The second-order valence-corrected chi connectivity index (χ2v) is 14.3. The van der Waals surface area contributed by atoms with E-state index in [2.05, 4.69) is 4.98 Å². The smallest absolute Gasteiger partial charge is 0.355 e. The van der Waals surface area contributed by atoms with Crippen molar-refractivity contribution in [2.45, 2.75) is 63.9 Å². The van der Waals surface area contributed by atoms with Gasteiger partial charge in [-0.3, -0.25) is 4.79 Å².